The van der Waals surface area contributed by atoms with Crippen LogP contribution in [0.3, 0.4) is 0 Å². The molecule has 0 aromatic rings. The van der Waals surface area contributed by atoms with Gasteiger partial charge in [0.25, 0.3) is 0 Å². The summed E-state index contributed by atoms with van der Waals surface area (Å²) in [6, 6.07) is 0. The van der Waals surface area contributed by atoms with Crippen LogP contribution >= 0.6 is 11.8 Å². The maximum atomic E-state index is 10.9. The normalized spacial score (nSPS) is 21.9. The van der Waals surface area contributed by atoms with Gasteiger partial charge in [-0.05, 0) is 5.41 Å². The number of carbonyl (C=O) groups excluding carboxylic acids is 2. The highest BCUT2D eigenvalue weighted by molar-refractivity contribution is 8.03. The zero-order valence-electron chi connectivity index (χ0n) is 5.89. The highest BCUT2D eigenvalue weighted by Crippen LogP contribution is 2.23. The van der Waals surface area contributed by atoms with Crippen molar-refractivity contribution in [2.24, 2.45) is 0 Å². The number of carbonyl (C=O) groups is 2. The highest BCUT2D eigenvalue weighted by atomic mass is 32.2. The number of methoxy groups -OCH3 is 1. The molecule has 1 atom stereocenters. The van der Waals surface area contributed by atoms with Gasteiger partial charge in [0.1, 0.15) is 0 Å². The summed E-state index contributed by atoms with van der Waals surface area (Å²) in [6.07, 6.45) is 2.14. The Labute approximate surface area is 68.2 Å². The molecule has 0 saturated carbocycles. The summed E-state index contributed by atoms with van der Waals surface area (Å²) in [4.78, 5) is 22.5. The van der Waals surface area contributed by atoms with E-state index < -0.39 is 11.3 Å². The summed E-state index contributed by atoms with van der Waals surface area (Å²) >= 11 is 1.25. The molecule has 1 rings (SSSR count). The molecule has 60 valence electrons. The Morgan fingerprint density at radius 2 is 2.55 bits per heavy atom. The molecule has 4 nitrogen and oxygen atoms in total. The molecule has 0 aromatic heterocycles. The summed E-state index contributed by atoms with van der Waals surface area (Å²) in [5.74, 6) is -0.410. The first-order valence-corrected chi connectivity index (χ1v) is 3.86. The van der Waals surface area contributed by atoms with Gasteiger partial charge in [0.05, 0.1) is 7.11 Å². The molecule has 0 N–H and O–H groups in total. The zero-order chi connectivity index (χ0) is 8.27. The van der Waals surface area contributed by atoms with Gasteiger partial charge in [-0.3, -0.25) is 9.69 Å². The number of amides is 1. The van der Waals surface area contributed by atoms with Crippen molar-refractivity contribution in [3.8, 4) is 0 Å². The lowest BCUT2D eigenvalue weighted by Crippen LogP contribution is -2.31. The number of esters is 1. The van der Waals surface area contributed by atoms with Gasteiger partial charge in [0.2, 0.25) is 6.41 Å². The van der Waals surface area contributed by atoms with Gasteiger partial charge in [-0.15, -0.1) is 0 Å². The quantitative estimate of drug-likeness (QED) is 0.441. The van der Waals surface area contributed by atoms with E-state index in [1.165, 1.54) is 23.8 Å². The smallest absolute Gasteiger partial charge is 0.339 e. The molecule has 5 heteroatoms. The SMILES string of the molecule is COC(=O)C1SC=CN1C=O. The molecule has 0 bridgehead atoms. The summed E-state index contributed by atoms with van der Waals surface area (Å²) in [6.45, 7) is 0. The second-order valence-corrected chi connectivity index (χ2v) is 2.84. The minimum absolute atomic E-state index is 0.410. The molecule has 1 aliphatic rings. The molecule has 0 aromatic carbocycles. The lowest BCUT2D eigenvalue weighted by atomic mass is 10.6. The predicted molar refractivity (Wildman–Crippen MR) is 40.4 cm³/mol. The minimum Gasteiger partial charge on any atom is -0.467 e. The van der Waals surface area contributed by atoms with Gasteiger partial charge in [0, 0.05) is 6.20 Å². The van der Waals surface area contributed by atoms with Crippen LogP contribution in [-0.2, 0) is 14.3 Å². The first kappa shape index (κ1) is 8.13. The Bertz CT molecular complexity index is 204. The Morgan fingerprint density at radius 1 is 1.82 bits per heavy atom. The lowest BCUT2D eigenvalue weighted by Gasteiger charge is -2.14. The molecule has 1 heterocycles. The van der Waals surface area contributed by atoms with Gasteiger partial charge in [-0.2, -0.15) is 0 Å². The van der Waals surface area contributed by atoms with Gasteiger partial charge in [-0.25, -0.2) is 4.79 Å². The lowest BCUT2D eigenvalue weighted by molar-refractivity contribution is -0.144. The third kappa shape index (κ3) is 1.54. The number of hydrogen-bond donors (Lipinski definition) is 0. The second kappa shape index (κ2) is 3.43. The van der Waals surface area contributed by atoms with Crippen molar-refractivity contribution in [3.63, 3.8) is 0 Å². The van der Waals surface area contributed by atoms with E-state index in [1.807, 2.05) is 0 Å². The van der Waals surface area contributed by atoms with Crippen LogP contribution < -0.4 is 0 Å². The average molecular weight is 173 g/mol. The average Bonchev–Trinajstić information content (AvgIpc) is 2.50. The monoisotopic (exact) mass is 173 g/mol. The maximum absolute atomic E-state index is 10.9. The van der Waals surface area contributed by atoms with E-state index in [2.05, 4.69) is 4.74 Å². The van der Waals surface area contributed by atoms with E-state index in [-0.39, 0.29) is 0 Å². The van der Waals surface area contributed by atoms with Gasteiger partial charge >= 0.3 is 5.97 Å². The topological polar surface area (TPSA) is 46.6 Å². The van der Waals surface area contributed by atoms with Crippen molar-refractivity contribution in [3.05, 3.63) is 11.6 Å². The third-order valence-electron chi connectivity index (χ3n) is 1.24. The van der Waals surface area contributed by atoms with Crippen LogP contribution in [0.5, 0.6) is 0 Å². The summed E-state index contributed by atoms with van der Waals surface area (Å²) < 4.78 is 4.47. The van der Waals surface area contributed by atoms with Crippen molar-refractivity contribution in [2.75, 3.05) is 7.11 Å². The molecule has 0 spiro atoms. The largest absolute Gasteiger partial charge is 0.467 e. The molecule has 1 aliphatic heterocycles. The summed E-state index contributed by atoms with van der Waals surface area (Å²) in [5, 5.41) is 1.15. The molecule has 1 unspecified atom stereocenters. The van der Waals surface area contributed by atoms with Gasteiger partial charge in [-0.1, -0.05) is 11.8 Å². The van der Waals surface area contributed by atoms with Crippen LogP contribution in [0.4, 0.5) is 0 Å². The standard InChI is InChI=1S/C6H7NO3S/c1-10-6(9)5-7(4-8)2-3-11-5/h2-5H,1H3. The van der Waals surface area contributed by atoms with Crippen LogP contribution in [0, 0.1) is 0 Å². The third-order valence-corrected chi connectivity index (χ3v) is 2.21. The van der Waals surface area contributed by atoms with Crippen molar-refractivity contribution in [1.29, 1.82) is 0 Å². The molecule has 0 saturated heterocycles. The van der Waals surface area contributed by atoms with Gasteiger partial charge < -0.3 is 4.74 Å². The second-order valence-electron chi connectivity index (χ2n) is 1.85. The Hall–Kier alpha value is -0.970. The maximum Gasteiger partial charge on any atom is 0.339 e. The fraction of sp³-hybridized carbons (Fsp3) is 0.333. The molecule has 0 radical (unpaired) electrons. The van der Waals surface area contributed by atoms with E-state index in [4.69, 9.17) is 0 Å². The van der Waals surface area contributed by atoms with Crippen molar-refractivity contribution in [1.82, 2.24) is 4.90 Å². The summed E-state index contributed by atoms with van der Waals surface area (Å²) in [5.41, 5.74) is 0. The molecule has 11 heavy (non-hydrogen) atoms. The van der Waals surface area contributed by atoms with Crippen LogP contribution in [0.25, 0.3) is 0 Å². The van der Waals surface area contributed by atoms with Crippen LogP contribution in [-0.4, -0.2) is 29.8 Å². The molecule has 0 fully saturated rings. The first-order valence-electron chi connectivity index (χ1n) is 2.92. The number of nitrogens with zero attached hydrogens (tertiary/aromatic N) is 1. The minimum atomic E-state index is -0.530. The zero-order valence-corrected chi connectivity index (χ0v) is 6.71. The molecular formula is C6H7NO3S. The van der Waals surface area contributed by atoms with Crippen LogP contribution in [0.1, 0.15) is 0 Å². The highest BCUT2D eigenvalue weighted by Gasteiger charge is 2.27. The summed E-state index contributed by atoms with van der Waals surface area (Å²) in [7, 11) is 1.30. The fourth-order valence-corrected chi connectivity index (χ4v) is 1.52. The number of rotatable bonds is 2. The van der Waals surface area contributed by atoms with E-state index in [9.17, 15) is 9.59 Å². The first-order chi connectivity index (χ1) is 5.29. The number of ether oxygens (including phenoxy) is 1. The molecule has 0 aliphatic carbocycles. The Balaban J connectivity index is 2.60. The van der Waals surface area contributed by atoms with E-state index in [0.29, 0.717) is 6.41 Å². The predicted octanol–water partition coefficient (Wildman–Crippen LogP) is 0.162. The Morgan fingerprint density at radius 3 is 3.09 bits per heavy atom. The fourth-order valence-electron chi connectivity index (χ4n) is 0.697. The van der Waals surface area contributed by atoms with E-state index in [0.717, 1.165) is 0 Å². The van der Waals surface area contributed by atoms with E-state index >= 15 is 0 Å². The van der Waals surface area contributed by atoms with Crippen LogP contribution in [0.2, 0.25) is 0 Å². The molecular weight excluding hydrogens is 166 g/mol. The van der Waals surface area contributed by atoms with E-state index in [1.54, 1.807) is 11.6 Å². The van der Waals surface area contributed by atoms with Crippen molar-refractivity contribution < 1.29 is 14.3 Å². The van der Waals surface area contributed by atoms with Crippen LogP contribution in [0.15, 0.2) is 11.6 Å². The Kier molecular flexibility index (Phi) is 2.53. The van der Waals surface area contributed by atoms with Gasteiger partial charge in [0.15, 0.2) is 5.37 Å². The molecule has 1 amide bonds. The van der Waals surface area contributed by atoms with Crippen molar-refractivity contribution in [2.45, 2.75) is 5.37 Å². The van der Waals surface area contributed by atoms with Crippen molar-refractivity contribution >= 4 is 24.1 Å². The number of hydrogen-bond acceptors (Lipinski definition) is 4. The number of thioether (sulfide) groups is 1.